The number of pyridine rings is 1. The van der Waals surface area contributed by atoms with Gasteiger partial charge in [-0.1, -0.05) is 30.7 Å². The summed E-state index contributed by atoms with van der Waals surface area (Å²) >= 11 is 6.79. The normalized spacial score (nSPS) is 11.3. The van der Waals surface area contributed by atoms with Crippen LogP contribution in [0.2, 0.25) is 4.34 Å². The fourth-order valence-electron chi connectivity index (χ4n) is 2.15. The van der Waals surface area contributed by atoms with Gasteiger partial charge in [-0.3, -0.25) is 4.72 Å². The van der Waals surface area contributed by atoms with Gasteiger partial charge >= 0.3 is 0 Å². The molecule has 0 saturated heterocycles. The Labute approximate surface area is 155 Å². The first-order valence-corrected chi connectivity index (χ1v) is 10.2. The van der Waals surface area contributed by atoms with Crippen LogP contribution in [0.1, 0.15) is 12.5 Å². The van der Waals surface area contributed by atoms with Gasteiger partial charge in [-0.15, -0.1) is 11.3 Å². The zero-order valence-corrected chi connectivity index (χ0v) is 15.8. The molecule has 0 bridgehead atoms. The fourth-order valence-corrected chi connectivity index (χ4v) is 4.64. The minimum absolute atomic E-state index is 0.150. The third kappa shape index (κ3) is 4.50. The number of rotatable bonds is 6. The Bertz CT molecular complexity index is 952. The average Bonchev–Trinajstić information content (AvgIpc) is 3.05. The third-order valence-electron chi connectivity index (χ3n) is 3.47. The van der Waals surface area contributed by atoms with Crippen molar-refractivity contribution in [1.82, 2.24) is 4.98 Å². The van der Waals surface area contributed by atoms with E-state index in [2.05, 4.69) is 34.1 Å². The molecule has 0 aliphatic heterocycles. The van der Waals surface area contributed by atoms with Crippen LogP contribution in [0.15, 0.2) is 58.9 Å². The average molecular weight is 394 g/mol. The van der Waals surface area contributed by atoms with E-state index in [1.54, 1.807) is 24.4 Å². The summed E-state index contributed by atoms with van der Waals surface area (Å²) in [5.41, 5.74) is 2.98. The molecule has 5 nitrogen and oxygen atoms in total. The molecule has 2 aromatic heterocycles. The smallest absolute Gasteiger partial charge is 0.272 e. The van der Waals surface area contributed by atoms with Crippen molar-refractivity contribution in [3.8, 4) is 0 Å². The monoisotopic (exact) mass is 393 g/mol. The van der Waals surface area contributed by atoms with Crippen molar-refractivity contribution >= 4 is 50.2 Å². The molecule has 8 heteroatoms. The number of sulfonamides is 1. The SMILES string of the molecule is CCc1ccc(Nc2ccc(NS(=O)(=O)c3ccc(Cl)s3)nc2)cc1. The van der Waals surface area contributed by atoms with Crippen molar-refractivity contribution in [2.45, 2.75) is 17.6 Å². The summed E-state index contributed by atoms with van der Waals surface area (Å²) in [6.45, 7) is 2.11. The number of aromatic nitrogens is 1. The molecule has 0 aliphatic carbocycles. The van der Waals surface area contributed by atoms with Gasteiger partial charge in [0.05, 0.1) is 16.2 Å². The number of halogens is 1. The van der Waals surface area contributed by atoms with E-state index in [9.17, 15) is 8.42 Å². The minimum Gasteiger partial charge on any atom is -0.354 e. The first-order valence-electron chi connectivity index (χ1n) is 7.56. The van der Waals surface area contributed by atoms with Gasteiger partial charge in [0, 0.05) is 5.69 Å². The molecule has 0 radical (unpaired) electrons. The standard InChI is InChI=1S/C17H16ClN3O2S2/c1-2-12-3-5-13(6-4-12)20-14-7-9-16(19-11-14)21-25(22,23)17-10-8-15(18)24-17/h3-11,20H,2H2,1H3,(H,19,21). The topological polar surface area (TPSA) is 71.1 Å². The Kier molecular flexibility index (Phi) is 5.27. The Morgan fingerprint density at radius 3 is 2.32 bits per heavy atom. The second kappa shape index (κ2) is 7.43. The van der Waals surface area contributed by atoms with Crippen molar-refractivity contribution in [2.75, 3.05) is 10.0 Å². The maximum atomic E-state index is 12.2. The van der Waals surface area contributed by atoms with Crippen LogP contribution in [0.3, 0.4) is 0 Å². The summed E-state index contributed by atoms with van der Waals surface area (Å²) < 4.78 is 27.5. The molecule has 3 aromatic rings. The van der Waals surface area contributed by atoms with Gasteiger partial charge in [0.25, 0.3) is 10.0 Å². The van der Waals surface area contributed by atoms with E-state index in [0.29, 0.717) is 4.34 Å². The molecular formula is C17H16ClN3O2S2. The first kappa shape index (κ1) is 17.7. The van der Waals surface area contributed by atoms with Crippen LogP contribution in [0.25, 0.3) is 0 Å². The van der Waals surface area contributed by atoms with Gasteiger partial charge in [-0.05, 0) is 48.4 Å². The van der Waals surface area contributed by atoms with Crippen molar-refractivity contribution in [3.63, 3.8) is 0 Å². The molecule has 130 valence electrons. The molecular weight excluding hydrogens is 378 g/mol. The number of hydrogen-bond donors (Lipinski definition) is 2. The molecule has 0 atom stereocenters. The predicted octanol–water partition coefficient (Wildman–Crippen LogP) is 4.90. The lowest BCUT2D eigenvalue weighted by atomic mass is 10.1. The largest absolute Gasteiger partial charge is 0.354 e. The highest BCUT2D eigenvalue weighted by atomic mass is 35.5. The Morgan fingerprint density at radius 1 is 1.04 bits per heavy atom. The molecule has 0 amide bonds. The number of benzene rings is 1. The Balaban J connectivity index is 1.69. The molecule has 25 heavy (non-hydrogen) atoms. The highest BCUT2D eigenvalue weighted by Gasteiger charge is 2.17. The lowest BCUT2D eigenvalue weighted by Crippen LogP contribution is -2.12. The predicted molar refractivity (Wildman–Crippen MR) is 103 cm³/mol. The van der Waals surface area contributed by atoms with Crippen molar-refractivity contribution < 1.29 is 8.42 Å². The summed E-state index contributed by atoms with van der Waals surface area (Å²) in [6.07, 6.45) is 2.57. The lowest BCUT2D eigenvalue weighted by molar-refractivity contribution is 0.603. The molecule has 0 unspecified atom stereocenters. The van der Waals surface area contributed by atoms with E-state index < -0.39 is 10.0 Å². The molecule has 1 aromatic carbocycles. The highest BCUT2D eigenvalue weighted by Crippen LogP contribution is 2.27. The number of hydrogen-bond acceptors (Lipinski definition) is 5. The van der Waals surface area contributed by atoms with Crippen LogP contribution in [-0.2, 0) is 16.4 Å². The van der Waals surface area contributed by atoms with Gasteiger partial charge in [0.15, 0.2) is 0 Å². The number of anilines is 3. The van der Waals surface area contributed by atoms with Crippen molar-refractivity contribution in [2.24, 2.45) is 0 Å². The van der Waals surface area contributed by atoms with Crippen LogP contribution < -0.4 is 10.0 Å². The van der Waals surface area contributed by atoms with E-state index in [1.165, 1.54) is 11.6 Å². The molecule has 0 aliphatic rings. The fraction of sp³-hybridized carbons (Fsp3) is 0.118. The molecule has 0 saturated carbocycles. The van der Waals surface area contributed by atoms with Crippen molar-refractivity contribution in [3.05, 3.63) is 64.6 Å². The summed E-state index contributed by atoms with van der Waals surface area (Å²) in [5, 5.41) is 3.23. The summed E-state index contributed by atoms with van der Waals surface area (Å²) in [7, 11) is -3.67. The zero-order chi connectivity index (χ0) is 17.9. The lowest BCUT2D eigenvalue weighted by Gasteiger charge is -2.09. The van der Waals surface area contributed by atoms with Crippen LogP contribution in [0.5, 0.6) is 0 Å². The summed E-state index contributed by atoms with van der Waals surface area (Å²) in [6, 6.07) is 14.5. The molecule has 3 rings (SSSR count). The van der Waals surface area contributed by atoms with E-state index in [-0.39, 0.29) is 10.0 Å². The molecule has 2 heterocycles. The molecule has 2 N–H and O–H groups in total. The van der Waals surface area contributed by atoms with E-state index >= 15 is 0 Å². The second-order valence-electron chi connectivity index (χ2n) is 5.27. The van der Waals surface area contributed by atoms with Crippen molar-refractivity contribution in [1.29, 1.82) is 0 Å². The number of nitrogens with one attached hydrogen (secondary N) is 2. The van der Waals surface area contributed by atoms with Crippen LogP contribution in [-0.4, -0.2) is 13.4 Å². The van der Waals surface area contributed by atoms with Gasteiger partial charge in [-0.2, -0.15) is 0 Å². The maximum Gasteiger partial charge on any atom is 0.272 e. The van der Waals surface area contributed by atoms with Gasteiger partial charge in [0.1, 0.15) is 10.0 Å². The van der Waals surface area contributed by atoms with Crippen LogP contribution in [0.4, 0.5) is 17.2 Å². The highest BCUT2D eigenvalue weighted by molar-refractivity contribution is 7.94. The number of thiophene rings is 1. The number of nitrogens with zero attached hydrogens (tertiary/aromatic N) is 1. The first-order chi connectivity index (χ1) is 12.0. The van der Waals surface area contributed by atoms with Gasteiger partial charge < -0.3 is 5.32 Å². The van der Waals surface area contributed by atoms with E-state index in [0.717, 1.165) is 29.1 Å². The molecule has 0 spiro atoms. The summed E-state index contributed by atoms with van der Waals surface area (Å²) in [5.74, 6) is 0.247. The van der Waals surface area contributed by atoms with Crippen LogP contribution >= 0.6 is 22.9 Å². The quantitative estimate of drug-likeness (QED) is 0.624. The van der Waals surface area contributed by atoms with Crippen LogP contribution in [0, 0.1) is 0 Å². The van der Waals surface area contributed by atoms with E-state index in [1.807, 2.05) is 12.1 Å². The Hall–Kier alpha value is -2.09. The summed E-state index contributed by atoms with van der Waals surface area (Å²) in [4.78, 5) is 4.14. The number of aryl methyl sites for hydroxylation is 1. The van der Waals surface area contributed by atoms with Gasteiger partial charge in [-0.25, -0.2) is 13.4 Å². The minimum atomic E-state index is -3.67. The third-order valence-corrected chi connectivity index (χ3v) is 6.54. The van der Waals surface area contributed by atoms with E-state index in [4.69, 9.17) is 11.6 Å². The Morgan fingerprint density at radius 2 is 1.76 bits per heavy atom. The van der Waals surface area contributed by atoms with Gasteiger partial charge in [0.2, 0.25) is 0 Å². The molecule has 0 fully saturated rings. The maximum absolute atomic E-state index is 12.2. The zero-order valence-electron chi connectivity index (χ0n) is 13.4. The second-order valence-corrected chi connectivity index (χ2v) is 8.90.